The molecule has 6 nitrogen and oxygen atoms in total. The number of unbranched alkanes of at least 4 members (excludes halogenated alkanes) is 8. The molecular formula is C29H51O6PS. The number of carbonyl (C=O) groups is 1. The minimum atomic E-state index is -4.04. The maximum atomic E-state index is 12.3. The van der Waals surface area contributed by atoms with Crippen LogP contribution in [0.25, 0.3) is 0 Å². The predicted molar refractivity (Wildman–Crippen MR) is 156 cm³/mol. The second-order valence-electron chi connectivity index (χ2n) is 9.92. The summed E-state index contributed by atoms with van der Waals surface area (Å²) in [5.41, 5.74) is 1.10. The molecule has 1 rings (SSSR count). The van der Waals surface area contributed by atoms with Gasteiger partial charge in [0.25, 0.3) is 0 Å². The maximum absolute atomic E-state index is 12.3. The van der Waals surface area contributed by atoms with E-state index >= 15 is 0 Å². The standard InChI is InChI=1S/C29H51O6PS/c1-4-6-7-10-16-22-37-23-17-11-8-9-15-20-27(26-18-13-12-14-19-26)25(3)35-28(29(30)31)24-36(32,33)34-21-5-2/h12-14,18-19,25,27-28H,4-11,15-17,20-24H2,1-3H3,(H,30,31)(H,32,33). The normalized spacial score (nSPS) is 15.7. The van der Waals surface area contributed by atoms with Gasteiger partial charge in [0.15, 0.2) is 6.10 Å². The molecule has 0 fully saturated rings. The van der Waals surface area contributed by atoms with Crippen molar-refractivity contribution in [2.24, 2.45) is 0 Å². The van der Waals surface area contributed by atoms with Crippen LogP contribution in [0.2, 0.25) is 0 Å². The smallest absolute Gasteiger partial charge is 0.333 e. The number of hydrogen-bond acceptors (Lipinski definition) is 5. The van der Waals surface area contributed by atoms with Crippen molar-refractivity contribution in [1.29, 1.82) is 0 Å². The Morgan fingerprint density at radius 2 is 1.51 bits per heavy atom. The molecule has 0 aliphatic carbocycles. The van der Waals surface area contributed by atoms with E-state index in [1.54, 1.807) is 0 Å². The van der Waals surface area contributed by atoms with Gasteiger partial charge in [0, 0.05) is 5.92 Å². The van der Waals surface area contributed by atoms with E-state index in [1.165, 1.54) is 62.9 Å². The molecule has 0 radical (unpaired) electrons. The fraction of sp³-hybridized carbons (Fsp3) is 0.759. The topological polar surface area (TPSA) is 93.1 Å². The molecule has 0 amide bonds. The third kappa shape index (κ3) is 16.7. The lowest BCUT2D eigenvalue weighted by atomic mass is 9.88. The fourth-order valence-corrected chi connectivity index (χ4v) is 6.67. The highest BCUT2D eigenvalue weighted by Crippen LogP contribution is 2.43. The van der Waals surface area contributed by atoms with Gasteiger partial charge in [-0.3, -0.25) is 4.57 Å². The van der Waals surface area contributed by atoms with Gasteiger partial charge in [-0.05, 0) is 49.7 Å². The lowest BCUT2D eigenvalue weighted by Crippen LogP contribution is -2.34. The Kier molecular flexibility index (Phi) is 19.4. The number of rotatable bonds is 24. The van der Waals surface area contributed by atoms with E-state index in [0.717, 1.165) is 24.8 Å². The zero-order valence-electron chi connectivity index (χ0n) is 23.3. The quantitative estimate of drug-likeness (QED) is 0.0974. The first-order chi connectivity index (χ1) is 17.8. The van der Waals surface area contributed by atoms with Crippen LogP contribution in [0.15, 0.2) is 30.3 Å². The summed E-state index contributed by atoms with van der Waals surface area (Å²) in [7, 11) is -4.04. The number of benzene rings is 1. The van der Waals surface area contributed by atoms with Crippen LogP contribution in [-0.4, -0.2) is 52.5 Å². The van der Waals surface area contributed by atoms with Gasteiger partial charge in [-0.15, -0.1) is 0 Å². The highest BCUT2D eigenvalue weighted by Gasteiger charge is 2.33. The molecule has 1 aromatic rings. The molecule has 37 heavy (non-hydrogen) atoms. The molecule has 2 N–H and O–H groups in total. The molecule has 0 saturated carbocycles. The molecular weight excluding hydrogens is 507 g/mol. The molecule has 1 aromatic carbocycles. The third-order valence-electron chi connectivity index (χ3n) is 6.54. The van der Waals surface area contributed by atoms with Gasteiger partial charge in [-0.25, -0.2) is 4.79 Å². The van der Waals surface area contributed by atoms with Crippen LogP contribution in [0.1, 0.15) is 109 Å². The number of aliphatic carboxylic acids is 1. The zero-order chi connectivity index (χ0) is 27.4. The molecule has 8 heteroatoms. The summed E-state index contributed by atoms with van der Waals surface area (Å²) in [5, 5.41) is 9.65. The van der Waals surface area contributed by atoms with Crippen molar-refractivity contribution < 1.29 is 28.6 Å². The van der Waals surface area contributed by atoms with Crippen LogP contribution in [0.5, 0.6) is 0 Å². The van der Waals surface area contributed by atoms with E-state index in [4.69, 9.17) is 9.26 Å². The third-order valence-corrected chi connectivity index (χ3v) is 9.07. The Morgan fingerprint density at radius 3 is 2.11 bits per heavy atom. The largest absolute Gasteiger partial charge is 0.479 e. The molecule has 214 valence electrons. The average Bonchev–Trinajstić information content (AvgIpc) is 2.87. The van der Waals surface area contributed by atoms with E-state index in [2.05, 4.69) is 18.7 Å². The van der Waals surface area contributed by atoms with Crippen molar-refractivity contribution in [3.8, 4) is 0 Å². The Morgan fingerprint density at radius 1 is 0.919 bits per heavy atom. The molecule has 4 unspecified atom stereocenters. The van der Waals surface area contributed by atoms with E-state index < -0.39 is 31.9 Å². The zero-order valence-corrected chi connectivity index (χ0v) is 25.0. The molecule has 4 atom stereocenters. The molecule has 0 bridgehead atoms. The van der Waals surface area contributed by atoms with Gasteiger partial charge in [0.05, 0.1) is 18.9 Å². The van der Waals surface area contributed by atoms with Gasteiger partial charge in [0.2, 0.25) is 0 Å². The molecule has 0 aromatic heterocycles. The lowest BCUT2D eigenvalue weighted by Gasteiger charge is -2.28. The summed E-state index contributed by atoms with van der Waals surface area (Å²) in [5.74, 6) is 1.31. The van der Waals surface area contributed by atoms with Gasteiger partial charge in [0.1, 0.15) is 0 Å². The number of carboxylic acids is 1. The van der Waals surface area contributed by atoms with Gasteiger partial charge >= 0.3 is 13.6 Å². The fourth-order valence-electron chi connectivity index (χ4n) is 4.41. The monoisotopic (exact) mass is 558 g/mol. The summed E-state index contributed by atoms with van der Waals surface area (Å²) in [4.78, 5) is 21.9. The predicted octanol–water partition coefficient (Wildman–Crippen LogP) is 8.28. The Bertz CT molecular complexity index is 747. The van der Waals surface area contributed by atoms with Gasteiger partial charge in [-0.1, -0.05) is 95.5 Å². The van der Waals surface area contributed by atoms with Crippen molar-refractivity contribution >= 4 is 25.3 Å². The lowest BCUT2D eigenvalue weighted by molar-refractivity contribution is -0.153. The second-order valence-corrected chi connectivity index (χ2v) is 13.0. The van der Waals surface area contributed by atoms with Crippen LogP contribution in [0.4, 0.5) is 0 Å². The first kappa shape index (κ1) is 34.2. The number of carboxylic acid groups (broad SMARTS) is 1. The van der Waals surface area contributed by atoms with Crippen LogP contribution >= 0.6 is 19.4 Å². The molecule has 0 heterocycles. The highest BCUT2D eigenvalue weighted by molar-refractivity contribution is 7.99. The van der Waals surface area contributed by atoms with Crippen molar-refractivity contribution in [1.82, 2.24) is 0 Å². The first-order valence-corrected chi connectivity index (χ1v) is 17.2. The van der Waals surface area contributed by atoms with Gasteiger partial charge in [-0.2, -0.15) is 11.8 Å². The molecule has 0 saturated heterocycles. The van der Waals surface area contributed by atoms with Crippen molar-refractivity contribution in [2.75, 3.05) is 24.3 Å². The van der Waals surface area contributed by atoms with Crippen molar-refractivity contribution in [2.45, 2.75) is 116 Å². The average molecular weight is 559 g/mol. The Balaban J connectivity index is 2.48. The van der Waals surface area contributed by atoms with E-state index in [9.17, 15) is 19.4 Å². The van der Waals surface area contributed by atoms with Crippen molar-refractivity contribution in [3.05, 3.63) is 35.9 Å². The van der Waals surface area contributed by atoms with Crippen LogP contribution in [-0.2, 0) is 18.6 Å². The minimum Gasteiger partial charge on any atom is -0.479 e. The van der Waals surface area contributed by atoms with Crippen molar-refractivity contribution in [3.63, 3.8) is 0 Å². The maximum Gasteiger partial charge on any atom is 0.333 e. The molecule has 0 aliphatic rings. The Labute approximate surface area is 229 Å². The van der Waals surface area contributed by atoms with Crippen LogP contribution in [0.3, 0.4) is 0 Å². The summed E-state index contributed by atoms with van der Waals surface area (Å²) < 4.78 is 23.2. The second kappa shape index (κ2) is 21.0. The van der Waals surface area contributed by atoms with Crippen LogP contribution < -0.4 is 0 Å². The highest BCUT2D eigenvalue weighted by atomic mass is 32.2. The van der Waals surface area contributed by atoms with E-state index in [1.807, 2.05) is 44.2 Å². The first-order valence-electron chi connectivity index (χ1n) is 14.3. The van der Waals surface area contributed by atoms with Crippen LogP contribution in [0, 0.1) is 0 Å². The van der Waals surface area contributed by atoms with Gasteiger partial charge < -0.3 is 19.3 Å². The number of hydrogen-bond donors (Lipinski definition) is 2. The minimum absolute atomic E-state index is 0.0148. The summed E-state index contributed by atoms with van der Waals surface area (Å²) >= 11 is 2.09. The summed E-state index contributed by atoms with van der Waals surface area (Å²) in [6, 6.07) is 10.0. The van der Waals surface area contributed by atoms with E-state index in [0.29, 0.717) is 6.42 Å². The number of thioether (sulfide) groups is 1. The molecule has 0 aliphatic heterocycles. The number of ether oxygens (including phenoxy) is 1. The van der Waals surface area contributed by atoms with E-state index in [-0.39, 0.29) is 12.5 Å². The summed E-state index contributed by atoms with van der Waals surface area (Å²) in [6.45, 7) is 6.05. The summed E-state index contributed by atoms with van der Waals surface area (Å²) in [6.07, 6.45) is 11.7. The SMILES string of the molecule is CCCCCCCSCCCCCCCC(c1ccccc1)C(C)OC(CP(=O)(O)OCCC)C(=O)O. The Hall–Kier alpha value is -0.850. The molecule has 0 spiro atoms.